The molecule has 0 rings (SSSR count). The molecule has 0 amide bonds. The Bertz CT molecular complexity index is 150. The second-order valence-corrected chi connectivity index (χ2v) is 7.67. The van der Waals surface area contributed by atoms with Gasteiger partial charge in [0.2, 0.25) is 0 Å². The van der Waals surface area contributed by atoms with Gasteiger partial charge in [0.05, 0.1) is 0 Å². The van der Waals surface area contributed by atoms with Gasteiger partial charge in [-0.15, -0.1) is 0 Å². The Morgan fingerprint density at radius 2 is 0.947 bits per heavy atom. The predicted molar refractivity (Wildman–Crippen MR) is 92.6 cm³/mol. The molecule has 0 spiro atoms. The summed E-state index contributed by atoms with van der Waals surface area (Å²) >= 11 is 5.61. The van der Waals surface area contributed by atoms with E-state index < -0.39 is 7.32 Å². The van der Waals surface area contributed by atoms with Crippen molar-refractivity contribution in [3.8, 4) is 0 Å². The van der Waals surface area contributed by atoms with Gasteiger partial charge in [0.15, 0.2) is 0 Å². The van der Waals surface area contributed by atoms with E-state index in [1.807, 2.05) is 35.3 Å². The molecule has 0 aliphatic carbocycles. The lowest BCUT2D eigenvalue weighted by Gasteiger charge is -2.14. The fourth-order valence-corrected chi connectivity index (χ4v) is 2.70. The van der Waals surface area contributed by atoms with Crippen molar-refractivity contribution in [3.63, 3.8) is 0 Å². The van der Waals surface area contributed by atoms with E-state index >= 15 is 0 Å². The molecular weight excluding hydrogens is 299 g/mol. The zero-order valence-electron chi connectivity index (χ0n) is 12.4. The van der Waals surface area contributed by atoms with Crippen LogP contribution in [0, 0.1) is 0 Å². The van der Waals surface area contributed by atoms with Gasteiger partial charge in [-0.2, -0.15) is 35.3 Å². The third-order valence-corrected chi connectivity index (χ3v) is 4.65. The second-order valence-electron chi connectivity index (χ2n) is 3.49. The Morgan fingerprint density at radius 1 is 0.632 bits per heavy atom. The monoisotopic (exact) mass is 326 g/mol. The smallest absolute Gasteiger partial charge is 0.385 e. The van der Waals surface area contributed by atoms with Crippen LogP contribution in [0.25, 0.3) is 0 Å². The van der Waals surface area contributed by atoms with Gasteiger partial charge in [0.25, 0.3) is 0 Å². The Morgan fingerprint density at radius 3 is 1.21 bits per heavy atom. The minimum absolute atomic E-state index is 0.493. The summed E-state index contributed by atoms with van der Waals surface area (Å²) in [5.74, 6) is 6.34. The molecule has 0 unspecified atom stereocenters. The van der Waals surface area contributed by atoms with Crippen LogP contribution >= 0.6 is 35.3 Å². The molecule has 0 aromatic carbocycles. The van der Waals surface area contributed by atoms with Crippen LogP contribution in [0.2, 0.25) is 0 Å². The van der Waals surface area contributed by atoms with E-state index in [9.17, 15) is 0 Å². The van der Waals surface area contributed by atoms with E-state index in [4.69, 9.17) is 14.0 Å². The molecule has 0 radical (unpaired) electrons. The van der Waals surface area contributed by atoms with Crippen LogP contribution in [0.4, 0.5) is 0 Å². The van der Waals surface area contributed by atoms with E-state index in [2.05, 4.69) is 20.8 Å². The third kappa shape index (κ3) is 15.2. The Labute approximate surface area is 131 Å². The largest absolute Gasteiger partial charge is 0.639 e. The maximum atomic E-state index is 5.62. The van der Waals surface area contributed by atoms with Crippen molar-refractivity contribution in [1.29, 1.82) is 0 Å². The first-order valence-corrected chi connectivity index (χ1v) is 10.4. The molecule has 0 fully saturated rings. The van der Waals surface area contributed by atoms with Crippen LogP contribution in [0.1, 0.15) is 20.8 Å². The fraction of sp³-hybridized carbons (Fsp3) is 1.00. The average molecular weight is 326 g/mol. The van der Waals surface area contributed by atoms with Gasteiger partial charge in [0.1, 0.15) is 0 Å². The first-order valence-electron chi connectivity index (χ1n) is 6.93. The SMILES string of the molecule is CCSCCOB(OCCSCC)OCCSCC. The highest BCUT2D eigenvalue weighted by Gasteiger charge is 2.20. The molecule has 0 atom stereocenters. The normalized spacial score (nSPS) is 10.9. The number of hydrogen-bond acceptors (Lipinski definition) is 6. The number of rotatable bonds is 15. The Hall–Kier alpha value is 0.995. The van der Waals surface area contributed by atoms with Gasteiger partial charge < -0.3 is 14.0 Å². The lowest BCUT2D eigenvalue weighted by atomic mass is 10.2. The van der Waals surface area contributed by atoms with Crippen molar-refractivity contribution in [1.82, 2.24) is 0 Å². The Balaban J connectivity index is 3.66. The molecule has 0 saturated carbocycles. The summed E-state index contributed by atoms with van der Waals surface area (Å²) in [6, 6.07) is 0. The van der Waals surface area contributed by atoms with Crippen LogP contribution in [0.15, 0.2) is 0 Å². The minimum atomic E-state index is -0.493. The maximum Gasteiger partial charge on any atom is 0.639 e. The molecule has 0 aromatic heterocycles. The average Bonchev–Trinajstić information content (AvgIpc) is 2.43. The molecule has 0 aliphatic heterocycles. The van der Waals surface area contributed by atoms with Gasteiger partial charge in [-0.3, -0.25) is 0 Å². The van der Waals surface area contributed by atoms with Crippen molar-refractivity contribution in [3.05, 3.63) is 0 Å². The molecule has 0 heterocycles. The molecule has 0 aliphatic rings. The zero-order valence-corrected chi connectivity index (χ0v) is 14.8. The summed E-state index contributed by atoms with van der Waals surface area (Å²) < 4.78 is 16.9. The molecule has 0 bridgehead atoms. The van der Waals surface area contributed by atoms with Crippen molar-refractivity contribution < 1.29 is 14.0 Å². The van der Waals surface area contributed by atoms with Gasteiger partial charge in [-0.05, 0) is 17.3 Å². The molecule has 114 valence electrons. The molecule has 0 N–H and O–H groups in total. The summed E-state index contributed by atoms with van der Waals surface area (Å²) in [4.78, 5) is 0. The lowest BCUT2D eigenvalue weighted by molar-refractivity contribution is 0.109. The number of thioether (sulfide) groups is 3. The first kappa shape index (κ1) is 20.0. The van der Waals surface area contributed by atoms with Crippen molar-refractivity contribution in [2.75, 3.05) is 54.3 Å². The Kier molecular flexibility index (Phi) is 17.9. The number of hydrogen-bond donors (Lipinski definition) is 0. The summed E-state index contributed by atoms with van der Waals surface area (Å²) in [7, 11) is -0.493. The second kappa shape index (κ2) is 17.0. The summed E-state index contributed by atoms with van der Waals surface area (Å²) in [5.41, 5.74) is 0. The van der Waals surface area contributed by atoms with Crippen molar-refractivity contribution in [2.45, 2.75) is 20.8 Å². The van der Waals surface area contributed by atoms with E-state index in [0.29, 0.717) is 19.8 Å². The standard InChI is InChI=1S/C12H27BO3S3/c1-4-17-10-7-14-13(15-8-11-18-5-2)16-9-12-19-6-3/h4-12H2,1-3H3. The van der Waals surface area contributed by atoms with E-state index in [-0.39, 0.29) is 0 Å². The van der Waals surface area contributed by atoms with Gasteiger partial charge in [-0.25, -0.2) is 0 Å². The highest BCUT2D eigenvalue weighted by atomic mass is 32.2. The molecule has 0 aromatic rings. The highest BCUT2D eigenvalue weighted by molar-refractivity contribution is 7.99. The van der Waals surface area contributed by atoms with Gasteiger partial charge >= 0.3 is 7.32 Å². The van der Waals surface area contributed by atoms with Crippen LogP contribution in [0.5, 0.6) is 0 Å². The molecule has 19 heavy (non-hydrogen) atoms. The van der Waals surface area contributed by atoms with E-state index in [1.165, 1.54) is 0 Å². The highest BCUT2D eigenvalue weighted by Crippen LogP contribution is 2.04. The van der Waals surface area contributed by atoms with Crippen molar-refractivity contribution >= 4 is 42.6 Å². The van der Waals surface area contributed by atoms with E-state index in [1.54, 1.807) is 0 Å². The van der Waals surface area contributed by atoms with Crippen LogP contribution in [0.3, 0.4) is 0 Å². The summed E-state index contributed by atoms with van der Waals surface area (Å²) in [5, 5.41) is 0. The van der Waals surface area contributed by atoms with Gasteiger partial charge in [-0.1, -0.05) is 20.8 Å². The summed E-state index contributed by atoms with van der Waals surface area (Å²) in [6.45, 7) is 8.51. The molecule has 7 heteroatoms. The quantitative estimate of drug-likeness (QED) is 0.339. The lowest BCUT2D eigenvalue weighted by Crippen LogP contribution is -2.30. The topological polar surface area (TPSA) is 27.7 Å². The molecule has 3 nitrogen and oxygen atoms in total. The predicted octanol–water partition coefficient (Wildman–Crippen LogP) is 3.28. The molecular formula is C12H27BO3S3. The molecule has 0 saturated heterocycles. The van der Waals surface area contributed by atoms with Crippen molar-refractivity contribution in [2.24, 2.45) is 0 Å². The third-order valence-electron chi connectivity index (χ3n) is 2.06. The fourth-order valence-electron chi connectivity index (χ4n) is 1.19. The maximum absolute atomic E-state index is 5.62. The van der Waals surface area contributed by atoms with Crippen LogP contribution in [-0.2, 0) is 14.0 Å². The van der Waals surface area contributed by atoms with Crippen LogP contribution in [-0.4, -0.2) is 61.7 Å². The minimum Gasteiger partial charge on any atom is -0.385 e. The first-order chi connectivity index (χ1) is 9.35. The van der Waals surface area contributed by atoms with E-state index in [0.717, 1.165) is 34.5 Å². The van der Waals surface area contributed by atoms with Crippen LogP contribution < -0.4 is 0 Å². The van der Waals surface area contributed by atoms with Gasteiger partial charge in [0, 0.05) is 37.1 Å². The zero-order chi connectivity index (χ0) is 14.2. The summed E-state index contributed by atoms with van der Waals surface area (Å²) in [6.07, 6.45) is 0.